The van der Waals surface area contributed by atoms with E-state index in [1.54, 1.807) is 0 Å². The van der Waals surface area contributed by atoms with Crippen molar-refractivity contribution in [1.82, 2.24) is 4.90 Å². The Hall–Kier alpha value is -2.93. The van der Waals surface area contributed by atoms with E-state index in [1.165, 1.54) is 24.3 Å². The molecule has 2 aromatic carbocycles. The molecule has 0 saturated carbocycles. The molecule has 7 heteroatoms. The second-order valence-corrected chi connectivity index (χ2v) is 6.77. The van der Waals surface area contributed by atoms with Crippen molar-refractivity contribution in [3.8, 4) is 5.75 Å². The van der Waals surface area contributed by atoms with E-state index in [2.05, 4.69) is 5.32 Å². The SMILES string of the molecule is O=C(C[NH+]1CCN(C(=O)CCOc2ccccc2)CC1)Nc1ccc(F)cc1. The van der Waals surface area contributed by atoms with Gasteiger partial charge in [-0.15, -0.1) is 0 Å². The number of amides is 2. The monoisotopic (exact) mass is 386 g/mol. The van der Waals surface area contributed by atoms with Crippen LogP contribution in [0.25, 0.3) is 0 Å². The zero-order chi connectivity index (χ0) is 19.8. The van der Waals surface area contributed by atoms with Crippen LogP contribution in [0.2, 0.25) is 0 Å². The zero-order valence-electron chi connectivity index (χ0n) is 15.7. The van der Waals surface area contributed by atoms with Crippen LogP contribution < -0.4 is 15.0 Å². The van der Waals surface area contributed by atoms with Crippen LogP contribution in [0, 0.1) is 5.82 Å². The molecule has 1 heterocycles. The van der Waals surface area contributed by atoms with Gasteiger partial charge in [-0.3, -0.25) is 9.59 Å². The Morgan fingerprint density at radius 2 is 1.71 bits per heavy atom. The molecular weight excluding hydrogens is 361 g/mol. The van der Waals surface area contributed by atoms with E-state index in [1.807, 2.05) is 35.2 Å². The Morgan fingerprint density at radius 3 is 2.39 bits per heavy atom. The predicted octanol–water partition coefficient (Wildman–Crippen LogP) is 0.960. The Bertz CT molecular complexity index is 775. The predicted molar refractivity (Wildman–Crippen MR) is 104 cm³/mol. The molecule has 0 spiro atoms. The van der Waals surface area contributed by atoms with Crippen molar-refractivity contribution in [2.75, 3.05) is 44.6 Å². The van der Waals surface area contributed by atoms with Gasteiger partial charge in [-0.25, -0.2) is 4.39 Å². The number of ether oxygens (including phenoxy) is 1. The number of carbonyl (C=O) groups is 2. The molecule has 0 unspecified atom stereocenters. The third kappa shape index (κ3) is 6.06. The normalized spacial score (nSPS) is 14.5. The minimum Gasteiger partial charge on any atom is -0.493 e. The van der Waals surface area contributed by atoms with E-state index in [4.69, 9.17) is 4.74 Å². The molecule has 148 valence electrons. The first kappa shape index (κ1) is 19.8. The number of anilines is 1. The summed E-state index contributed by atoms with van der Waals surface area (Å²) in [6.07, 6.45) is 0.343. The van der Waals surface area contributed by atoms with Gasteiger partial charge < -0.3 is 19.9 Å². The van der Waals surface area contributed by atoms with Gasteiger partial charge in [0.1, 0.15) is 11.6 Å². The number of para-hydroxylation sites is 1. The van der Waals surface area contributed by atoms with Crippen molar-refractivity contribution in [2.24, 2.45) is 0 Å². The summed E-state index contributed by atoms with van der Waals surface area (Å²) in [5.41, 5.74) is 0.582. The van der Waals surface area contributed by atoms with E-state index < -0.39 is 0 Å². The summed E-state index contributed by atoms with van der Waals surface area (Å²) in [6.45, 7) is 3.39. The molecule has 2 aromatic rings. The smallest absolute Gasteiger partial charge is 0.279 e. The van der Waals surface area contributed by atoms with Crippen LogP contribution >= 0.6 is 0 Å². The number of hydrogen-bond donors (Lipinski definition) is 2. The fraction of sp³-hybridized carbons (Fsp3) is 0.333. The molecule has 1 aliphatic rings. The maximum absolute atomic E-state index is 12.9. The number of nitrogens with zero attached hydrogens (tertiary/aromatic N) is 1. The number of halogens is 1. The quantitative estimate of drug-likeness (QED) is 0.745. The first-order valence-corrected chi connectivity index (χ1v) is 9.45. The van der Waals surface area contributed by atoms with E-state index in [0.717, 1.165) is 23.7 Å². The molecule has 1 aliphatic heterocycles. The molecule has 28 heavy (non-hydrogen) atoms. The second kappa shape index (κ2) is 9.85. The van der Waals surface area contributed by atoms with E-state index in [0.29, 0.717) is 38.3 Å². The molecule has 2 N–H and O–H groups in total. The Labute approximate surface area is 163 Å². The van der Waals surface area contributed by atoms with Crippen LogP contribution in [0.4, 0.5) is 10.1 Å². The van der Waals surface area contributed by atoms with Crippen LogP contribution in [0.5, 0.6) is 5.75 Å². The second-order valence-electron chi connectivity index (χ2n) is 6.77. The van der Waals surface area contributed by atoms with Gasteiger partial charge in [-0.1, -0.05) is 18.2 Å². The highest BCUT2D eigenvalue weighted by Crippen LogP contribution is 2.09. The number of benzene rings is 2. The molecule has 0 radical (unpaired) electrons. The number of rotatable bonds is 7. The van der Waals surface area contributed by atoms with Crippen LogP contribution in [-0.2, 0) is 9.59 Å². The number of nitrogens with one attached hydrogen (secondary N) is 2. The van der Waals surface area contributed by atoms with Crippen molar-refractivity contribution in [2.45, 2.75) is 6.42 Å². The van der Waals surface area contributed by atoms with Gasteiger partial charge in [0.15, 0.2) is 6.54 Å². The van der Waals surface area contributed by atoms with Crippen molar-refractivity contribution in [1.29, 1.82) is 0 Å². The molecule has 0 aliphatic carbocycles. The van der Waals surface area contributed by atoms with Crippen LogP contribution in [0.1, 0.15) is 6.42 Å². The van der Waals surface area contributed by atoms with Gasteiger partial charge >= 0.3 is 0 Å². The summed E-state index contributed by atoms with van der Waals surface area (Å²) in [5, 5.41) is 2.77. The number of hydrogen-bond acceptors (Lipinski definition) is 3. The molecular formula is C21H25FN3O3+. The molecule has 3 rings (SSSR count). The van der Waals surface area contributed by atoms with E-state index >= 15 is 0 Å². The van der Waals surface area contributed by atoms with Crippen LogP contribution in [-0.4, -0.2) is 56.0 Å². The third-order valence-electron chi connectivity index (χ3n) is 4.69. The van der Waals surface area contributed by atoms with Crippen molar-refractivity contribution < 1.29 is 23.6 Å². The van der Waals surface area contributed by atoms with Gasteiger partial charge in [-0.2, -0.15) is 0 Å². The minimum absolute atomic E-state index is 0.0748. The third-order valence-corrected chi connectivity index (χ3v) is 4.69. The first-order valence-electron chi connectivity index (χ1n) is 9.45. The van der Waals surface area contributed by atoms with E-state index in [-0.39, 0.29) is 17.6 Å². The van der Waals surface area contributed by atoms with Gasteiger partial charge in [0.05, 0.1) is 39.2 Å². The topological polar surface area (TPSA) is 63.1 Å². The van der Waals surface area contributed by atoms with Gasteiger partial charge in [-0.05, 0) is 36.4 Å². The lowest BCUT2D eigenvalue weighted by Crippen LogP contribution is -3.15. The van der Waals surface area contributed by atoms with E-state index in [9.17, 15) is 14.0 Å². The molecule has 0 atom stereocenters. The zero-order valence-corrected chi connectivity index (χ0v) is 15.7. The van der Waals surface area contributed by atoms with Crippen LogP contribution in [0.15, 0.2) is 54.6 Å². The average Bonchev–Trinajstić information content (AvgIpc) is 2.71. The first-order chi connectivity index (χ1) is 13.6. The summed E-state index contributed by atoms with van der Waals surface area (Å²) in [5.74, 6) is 0.388. The van der Waals surface area contributed by atoms with Crippen molar-refractivity contribution in [3.63, 3.8) is 0 Å². The average molecular weight is 386 g/mol. The Morgan fingerprint density at radius 1 is 1.04 bits per heavy atom. The largest absolute Gasteiger partial charge is 0.493 e. The lowest BCUT2D eigenvalue weighted by Gasteiger charge is -2.32. The standard InChI is InChI=1S/C21H24FN3O3/c22-17-6-8-18(9-7-17)23-20(26)16-24-11-13-25(14-12-24)21(27)10-15-28-19-4-2-1-3-5-19/h1-9H,10-16H2,(H,23,26)/p+1. The highest BCUT2D eigenvalue weighted by Gasteiger charge is 2.25. The Kier molecular flexibility index (Phi) is 6.97. The summed E-state index contributed by atoms with van der Waals surface area (Å²) in [6, 6.07) is 15.1. The summed E-state index contributed by atoms with van der Waals surface area (Å²) >= 11 is 0. The highest BCUT2D eigenvalue weighted by atomic mass is 19.1. The van der Waals surface area contributed by atoms with Crippen LogP contribution in [0.3, 0.4) is 0 Å². The fourth-order valence-corrected chi connectivity index (χ4v) is 3.15. The number of quaternary nitrogens is 1. The molecule has 0 aromatic heterocycles. The minimum atomic E-state index is -0.335. The highest BCUT2D eigenvalue weighted by molar-refractivity contribution is 5.91. The lowest BCUT2D eigenvalue weighted by molar-refractivity contribution is -0.895. The summed E-state index contributed by atoms with van der Waals surface area (Å²) < 4.78 is 18.5. The summed E-state index contributed by atoms with van der Waals surface area (Å²) in [7, 11) is 0. The van der Waals surface area contributed by atoms with Gasteiger partial charge in [0, 0.05) is 5.69 Å². The number of piperazine rings is 1. The van der Waals surface area contributed by atoms with Gasteiger partial charge in [0.25, 0.3) is 5.91 Å². The van der Waals surface area contributed by atoms with Crippen molar-refractivity contribution in [3.05, 3.63) is 60.4 Å². The van der Waals surface area contributed by atoms with Crippen molar-refractivity contribution >= 4 is 17.5 Å². The maximum atomic E-state index is 12.9. The number of carbonyl (C=O) groups excluding carboxylic acids is 2. The molecule has 6 nitrogen and oxygen atoms in total. The molecule has 1 saturated heterocycles. The molecule has 2 amide bonds. The maximum Gasteiger partial charge on any atom is 0.279 e. The lowest BCUT2D eigenvalue weighted by atomic mass is 10.2. The molecule has 1 fully saturated rings. The summed E-state index contributed by atoms with van der Waals surface area (Å²) in [4.78, 5) is 27.4. The van der Waals surface area contributed by atoms with Gasteiger partial charge in [0.2, 0.25) is 5.91 Å². The molecule has 0 bridgehead atoms. The Balaban J connectivity index is 1.34. The fourth-order valence-electron chi connectivity index (χ4n) is 3.15.